The molecule has 1 heterocycles. The molecular weight excluding hydrogens is 204 g/mol. The molecule has 2 nitrogen and oxygen atoms in total. The number of nitrogens with one attached hydrogen (secondary N) is 1. The molecule has 3 atom stereocenters. The van der Waals surface area contributed by atoms with Gasteiger partial charge in [-0.1, -0.05) is 25.6 Å². The van der Waals surface area contributed by atoms with E-state index < -0.39 is 0 Å². The molecule has 15 heavy (non-hydrogen) atoms. The summed E-state index contributed by atoms with van der Waals surface area (Å²) >= 11 is 1.90. The van der Waals surface area contributed by atoms with Crippen LogP contribution in [0, 0.1) is 5.92 Å². The summed E-state index contributed by atoms with van der Waals surface area (Å²) in [4.78, 5) is 4.84. The Hall–Kier alpha value is -0.180. The van der Waals surface area contributed by atoms with Gasteiger partial charge in [-0.05, 0) is 38.5 Å². The molecule has 1 saturated heterocycles. The average Bonchev–Trinajstić information content (AvgIpc) is 2.76. The Morgan fingerprint density at radius 3 is 2.87 bits per heavy atom. The van der Waals surface area contributed by atoms with E-state index in [-0.39, 0.29) is 5.54 Å². The Labute approximate surface area is 97.3 Å². The zero-order valence-electron chi connectivity index (χ0n) is 10.0. The molecule has 3 unspecified atom stereocenters. The average molecular weight is 226 g/mol. The summed E-state index contributed by atoms with van der Waals surface area (Å²) in [7, 11) is 0. The van der Waals surface area contributed by atoms with E-state index in [9.17, 15) is 0 Å². The van der Waals surface area contributed by atoms with Gasteiger partial charge >= 0.3 is 0 Å². The number of hydrogen-bond donors (Lipinski definition) is 1. The zero-order chi connectivity index (χ0) is 10.9. The fourth-order valence-corrected chi connectivity index (χ4v) is 3.55. The highest BCUT2D eigenvalue weighted by Gasteiger charge is 2.31. The molecule has 0 radical (unpaired) electrons. The first-order chi connectivity index (χ1) is 7.11. The van der Waals surface area contributed by atoms with Gasteiger partial charge in [0, 0.05) is 11.3 Å². The quantitative estimate of drug-likeness (QED) is 0.782. The van der Waals surface area contributed by atoms with Crippen LogP contribution in [-0.2, 0) is 0 Å². The van der Waals surface area contributed by atoms with Crippen molar-refractivity contribution >= 4 is 16.9 Å². The van der Waals surface area contributed by atoms with Gasteiger partial charge in [-0.2, -0.15) is 0 Å². The lowest BCUT2D eigenvalue weighted by molar-refractivity contribution is 0.465. The summed E-state index contributed by atoms with van der Waals surface area (Å²) in [5, 5.41) is 4.76. The van der Waals surface area contributed by atoms with Crippen molar-refractivity contribution in [3.8, 4) is 0 Å². The van der Waals surface area contributed by atoms with Crippen LogP contribution < -0.4 is 5.32 Å². The van der Waals surface area contributed by atoms with Crippen molar-refractivity contribution in [3.05, 3.63) is 0 Å². The first-order valence-electron chi connectivity index (χ1n) is 6.10. The Balaban J connectivity index is 1.93. The van der Waals surface area contributed by atoms with Crippen LogP contribution >= 0.6 is 11.8 Å². The zero-order valence-corrected chi connectivity index (χ0v) is 10.9. The van der Waals surface area contributed by atoms with Gasteiger partial charge in [0.05, 0.1) is 6.04 Å². The molecule has 1 saturated carbocycles. The molecule has 86 valence electrons. The predicted octanol–water partition coefficient (Wildman–Crippen LogP) is 3.04. The molecule has 1 aliphatic heterocycles. The van der Waals surface area contributed by atoms with E-state index >= 15 is 0 Å². The normalized spacial score (nSPS) is 43.5. The molecule has 0 spiro atoms. The van der Waals surface area contributed by atoms with Crippen LogP contribution in [0.3, 0.4) is 0 Å². The molecule has 1 aliphatic carbocycles. The standard InChI is InChI=1S/C12H22N2S/c1-4-12(3)8-15-11(14-12)13-10-6-5-9(2)7-10/h9-10H,4-8H2,1-3H3,(H,13,14). The third-order valence-electron chi connectivity index (χ3n) is 3.68. The highest BCUT2D eigenvalue weighted by atomic mass is 32.2. The van der Waals surface area contributed by atoms with Crippen LogP contribution in [0.4, 0.5) is 0 Å². The summed E-state index contributed by atoms with van der Waals surface area (Å²) in [5.74, 6) is 2.05. The molecule has 2 rings (SSSR count). The number of aliphatic imine (C=N–C) groups is 1. The fraction of sp³-hybridized carbons (Fsp3) is 0.917. The van der Waals surface area contributed by atoms with Crippen molar-refractivity contribution in [2.45, 2.75) is 58.0 Å². The smallest absolute Gasteiger partial charge is 0.157 e. The summed E-state index contributed by atoms with van der Waals surface area (Å²) in [6.07, 6.45) is 5.11. The molecule has 2 aliphatic rings. The Kier molecular flexibility index (Phi) is 3.29. The van der Waals surface area contributed by atoms with Crippen molar-refractivity contribution in [2.24, 2.45) is 10.9 Å². The lowest BCUT2D eigenvalue weighted by atomic mass is 10.0. The SMILES string of the molecule is CCC1(C)CSC(=NC2CCC(C)C2)N1. The highest BCUT2D eigenvalue weighted by Crippen LogP contribution is 2.30. The minimum absolute atomic E-state index is 0.285. The van der Waals surface area contributed by atoms with E-state index in [0.717, 1.165) is 5.92 Å². The molecule has 0 aromatic carbocycles. The molecule has 0 amide bonds. The topological polar surface area (TPSA) is 24.4 Å². The lowest BCUT2D eigenvalue weighted by Gasteiger charge is -2.21. The second-order valence-electron chi connectivity index (χ2n) is 5.33. The number of hydrogen-bond acceptors (Lipinski definition) is 2. The maximum atomic E-state index is 4.84. The van der Waals surface area contributed by atoms with Crippen LogP contribution in [0.15, 0.2) is 4.99 Å². The van der Waals surface area contributed by atoms with Gasteiger partial charge in [0.25, 0.3) is 0 Å². The number of amidine groups is 1. The third kappa shape index (κ3) is 2.68. The van der Waals surface area contributed by atoms with Gasteiger partial charge in [0.15, 0.2) is 5.17 Å². The minimum atomic E-state index is 0.285. The Bertz CT molecular complexity index is 264. The van der Waals surface area contributed by atoms with Gasteiger partial charge in [-0.3, -0.25) is 4.99 Å². The molecule has 1 N–H and O–H groups in total. The molecular formula is C12H22N2S. The summed E-state index contributed by atoms with van der Waals surface area (Å²) < 4.78 is 0. The van der Waals surface area contributed by atoms with E-state index in [0.29, 0.717) is 6.04 Å². The monoisotopic (exact) mass is 226 g/mol. The van der Waals surface area contributed by atoms with Gasteiger partial charge < -0.3 is 5.32 Å². The molecule has 0 aromatic heterocycles. The number of rotatable bonds is 2. The first kappa shape index (κ1) is 11.3. The van der Waals surface area contributed by atoms with Gasteiger partial charge in [0.2, 0.25) is 0 Å². The Morgan fingerprint density at radius 2 is 2.33 bits per heavy atom. The fourth-order valence-electron chi connectivity index (χ4n) is 2.28. The second kappa shape index (κ2) is 4.36. The number of thioether (sulfide) groups is 1. The van der Waals surface area contributed by atoms with Gasteiger partial charge in [0.1, 0.15) is 0 Å². The Morgan fingerprint density at radius 1 is 1.53 bits per heavy atom. The van der Waals surface area contributed by atoms with Crippen LogP contribution in [0.1, 0.15) is 46.5 Å². The maximum absolute atomic E-state index is 4.84. The lowest BCUT2D eigenvalue weighted by Crippen LogP contribution is -2.39. The van der Waals surface area contributed by atoms with E-state index in [4.69, 9.17) is 4.99 Å². The van der Waals surface area contributed by atoms with Crippen molar-refractivity contribution < 1.29 is 0 Å². The van der Waals surface area contributed by atoms with Crippen molar-refractivity contribution in [3.63, 3.8) is 0 Å². The summed E-state index contributed by atoms with van der Waals surface area (Å²) in [5.41, 5.74) is 0.285. The van der Waals surface area contributed by atoms with E-state index in [1.807, 2.05) is 11.8 Å². The predicted molar refractivity (Wildman–Crippen MR) is 68.5 cm³/mol. The molecule has 2 fully saturated rings. The summed E-state index contributed by atoms with van der Waals surface area (Å²) in [6.45, 7) is 6.87. The second-order valence-corrected chi connectivity index (χ2v) is 6.30. The molecule has 0 bridgehead atoms. The van der Waals surface area contributed by atoms with Gasteiger partial charge in [-0.25, -0.2) is 0 Å². The minimum Gasteiger partial charge on any atom is -0.359 e. The molecule has 3 heteroatoms. The maximum Gasteiger partial charge on any atom is 0.157 e. The number of nitrogens with zero attached hydrogens (tertiary/aromatic N) is 1. The van der Waals surface area contributed by atoms with Crippen molar-refractivity contribution in [2.75, 3.05) is 5.75 Å². The van der Waals surface area contributed by atoms with E-state index in [1.165, 1.54) is 36.6 Å². The third-order valence-corrected chi connectivity index (χ3v) is 4.95. The van der Waals surface area contributed by atoms with Crippen LogP contribution in [0.2, 0.25) is 0 Å². The largest absolute Gasteiger partial charge is 0.359 e. The van der Waals surface area contributed by atoms with Gasteiger partial charge in [-0.15, -0.1) is 0 Å². The molecule has 0 aromatic rings. The van der Waals surface area contributed by atoms with Crippen LogP contribution in [-0.4, -0.2) is 22.5 Å². The van der Waals surface area contributed by atoms with Crippen LogP contribution in [0.5, 0.6) is 0 Å². The first-order valence-corrected chi connectivity index (χ1v) is 7.08. The van der Waals surface area contributed by atoms with Crippen molar-refractivity contribution in [1.29, 1.82) is 0 Å². The van der Waals surface area contributed by atoms with E-state index in [1.54, 1.807) is 0 Å². The van der Waals surface area contributed by atoms with E-state index in [2.05, 4.69) is 26.1 Å². The summed E-state index contributed by atoms with van der Waals surface area (Å²) in [6, 6.07) is 0.592. The van der Waals surface area contributed by atoms with Crippen LogP contribution in [0.25, 0.3) is 0 Å². The highest BCUT2D eigenvalue weighted by molar-refractivity contribution is 8.14. The van der Waals surface area contributed by atoms with Crippen molar-refractivity contribution in [1.82, 2.24) is 5.32 Å².